The number of esters is 1. The first-order valence-corrected chi connectivity index (χ1v) is 8.15. The lowest BCUT2D eigenvalue weighted by Crippen LogP contribution is -2.37. The molecule has 20 heavy (non-hydrogen) atoms. The van der Waals surface area contributed by atoms with Crippen LogP contribution in [0.5, 0.6) is 0 Å². The summed E-state index contributed by atoms with van der Waals surface area (Å²) in [4.78, 5) is 23.6. The van der Waals surface area contributed by atoms with Gasteiger partial charge in [-0.2, -0.15) is 0 Å². The summed E-state index contributed by atoms with van der Waals surface area (Å²) in [6.07, 6.45) is 0. The third-order valence-electron chi connectivity index (χ3n) is 2.77. The Kier molecular flexibility index (Phi) is 5.45. The summed E-state index contributed by atoms with van der Waals surface area (Å²) in [5.74, 6) is 1.12. The van der Waals surface area contributed by atoms with Crippen LogP contribution in [0.15, 0.2) is 22.7 Å². The average molecular weight is 359 g/mol. The molecule has 7 heteroatoms. The van der Waals surface area contributed by atoms with Gasteiger partial charge >= 0.3 is 5.97 Å². The van der Waals surface area contributed by atoms with Crippen LogP contribution in [0.2, 0.25) is 0 Å². The van der Waals surface area contributed by atoms with Crippen LogP contribution in [0.3, 0.4) is 0 Å². The van der Waals surface area contributed by atoms with Gasteiger partial charge in [-0.05, 0) is 41.1 Å². The summed E-state index contributed by atoms with van der Waals surface area (Å²) >= 11 is 5.05. The molecule has 1 amide bonds. The number of rotatable bonds is 4. The Balaban J connectivity index is 2.05. The lowest BCUT2D eigenvalue weighted by atomic mass is 10.2. The van der Waals surface area contributed by atoms with Gasteiger partial charge in [0.15, 0.2) is 0 Å². The number of ether oxygens (including phenoxy) is 1. The van der Waals surface area contributed by atoms with Crippen molar-refractivity contribution >= 4 is 45.3 Å². The Morgan fingerprint density at radius 3 is 2.95 bits per heavy atom. The maximum atomic E-state index is 12.0. The summed E-state index contributed by atoms with van der Waals surface area (Å²) in [6.45, 7) is 2.09. The number of anilines is 1. The van der Waals surface area contributed by atoms with E-state index in [-0.39, 0.29) is 17.9 Å². The van der Waals surface area contributed by atoms with Gasteiger partial charge in [-0.1, -0.05) is 0 Å². The molecule has 0 spiro atoms. The van der Waals surface area contributed by atoms with Crippen LogP contribution in [-0.2, 0) is 9.53 Å². The number of hydrogen-bond acceptors (Lipinski definition) is 5. The number of benzene rings is 1. The van der Waals surface area contributed by atoms with Gasteiger partial charge in [0.1, 0.15) is 0 Å². The van der Waals surface area contributed by atoms with Crippen LogP contribution in [0.1, 0.15) is 17.3 Å². The third-order valence-corrected chi connectivity index (χ3v) is 4.37. The molecule has 5 nitrogen and oxygen atoms in total. The fourth-order valence-corrected chi connectivity index (χ4v) is 3.16. The lowest BCUT2D eigenvalue weighted by Gasteiger charge is -2.12. The van der Waals surface area contributed by atoms with Crippen molar-refractivity contribution in [3.8, 4) is 0 Å². The van der Waals surface area contributed by atoms with Crippen LogP contribution in [-0.4, -0.2) is 36.2 Å². The van der Waals surface area contributed by atoms with Crippen molar-refractivity contribution in [1.29, 1.82) is 0 Å². The zero-order valence-electron chi connectivity index (χ0n) is 10.9. The molecule has 2 N–H and O–H groups in total. The number of amides is 1. The summed E-state index contributed by atoms with van der Waals surface area (Å²) < 4.78 is 5.58. The highest BCUT2D eigenvalue weighted by atomic mass is 79.9. The van der Waals surface area contributed by atoms with Gasteiger partial charge in [-0.25, -0.2) is 4.79 Å². The van der Waals surface area contributed by atoms with Crippen molar-refractivity contribution < 1.29 is 14.3 Å². The Hall–Kier alpha value is -1.05. The van der Waals surface area contributed by atoms with Gasteiger partial charge in [0.2, 0.25) is 5.91 Å². The Morgan fingerprint density at radius 2 is 2.35 bits per heavy atom. The second kappa shape index (κ2) is 7.10. The van der Waals surface area contributed by atoms with Crippen LogP contribution in [0.25, 0.3) is 0 Å². The lowest BCUT2D eigenvalue weighted by molar-refractivity contribution is -0.117. The van der Waals surface area contributed by atoms with Crippen LogP contribution in [0, 0.1) is 0 Å². The molecule has 1 aromatic rings. The number of halogens is 1. The predicted octanol–water partition coefficient (Wildman–Crippen LogP) is 2.23. The molecule has 1 aliphatic heterocycles. The molecular formula is C13H15BrN2O3S. The van der Waals surface area contributed by atoms with Crippen molar-refractivity contribution in [3.05, 3.63) is 28.2 Å². The fourth-order valence-electron chi connectivity index (χ4n) is 1.74. The molecule has 0 bridgehead atoms. The first-order valence-electron chi connectivity index (χ1n) is 6.20. The molecule has 2 rings (SSSR count). The van der Waals surface area contributed by atoms with Gasteiger partial charge < -0.3 is 10.1 Å². The molecule has 108 valence electrons. The van der Waals surface area contributed by atoms with Crippen molar-refractivity contribution in [2.45, 2.75) is 13.0 Å². The van der Waals surface area contributed by atoms with Crippen LogP contribution >= 0.6 is 27.7 Å². The van der Waals surface area contributed by atoms with Crippen molar-refractivity contribution in [2.24, 2.45) is 0 Å². The molecule has 0 aromatic heterocycles. The van der Waals surface area contributed by atoms with E-state index in [0.29, 0.717) is 22.3 Å². The second-order valence-electron chi connectivity index (χ2n) is 4.18. The van der Waals surface area contributed by atoms with E-state index in [0.717, 1.165) is 11.6 Å². The van der Waals surface area contributed by atoms with E-state index in [1.165, 1.54) is 0 Å². The van der Waals surface area contributed by atoms with Crippen LogP contribution < -0.4 is 10.6 Å². The van der Waals surface area contributed by atoms with E-state index in [4.69, 9.17) is 4.74 Å². The first-order chi connectivity index (χ1) is 9.61. The first kappa shape index (κ1) is 15.3. The SMILES string of the molecule is CCOC(=O)c1ccc(NC(=O)C2CSCN2)c(Br)c1. The summed E-state index contributed by atoms with van der Waals surface area (Å²) in [6, 6.07) is 4.80. The van der Waals surface area contributed by atoms with Gasteiger partial charge in [-0.15, -0.1) is 11.8 Å². The number of carbonyl (C=O) groups excluding carboxylic acids is 2. The molecule has 1 unspecified atom stereocenters. The highest BCUT2D eigenvalue weighted by Gasteiger charge is 2.23. The minimum absolute atomic E-state index is 0.0698. The predicted molar refractivity (Wildman–Crippen MR) is 83.0 cm³/mol. The van der Waals surface area contributed by atoms with E-state index in [2.05, 4.69) is 26.6 Å². The maximum Gasteiger partial charge on any atom is 0.338 e. The van der Waals surface area contributed by atoms with Crippen molar-refractivity contribution in [2.75, 3.05) is 23.6 Å². The molecule has 0 radical (unpaired) electrons. The highest BCUT2D eigenvalue weighted by molar-refractivity contribution is 9.10. The normalized spacial score (nSPS) is 17.8. The zero-order chi connectivity index (χ0) is 14.5. The number of nitrogens with one attached hydrogen (secondary N) is 2. The number of carbonyl (C=O) groups is 2. The molecular weight excluding hydrogens is 344 g/mol. The van der Waals surface area contributed by atoms with E-state index >= 15 is 0 Å². The van der Waals surface area contributed by atoms with Crippen molar-refractivity contribution in [3.63, 3.8) is 0 Å². The van der Waals surface area contributed by atoms with Crippen molar-refractivity contribution in [1.82, 2.24) is 5.32 Å². The Morgan fingerprint density at radius 1 is 1.55 bits per heavy atom. The smallest absolute Gasteiger partial charge is 0.338 e. The molecule has 1 saturated heterocycles. The molecule has 1 heterocycles. The molecule has 1 fully saturated rings. The maximum absolute atomic E-state index is 12.0. The standard InChI is InChI=1S/C13H15BrN2O3S/c1-2-19-13(18)8-3-4-10(9(14)5-8)16-12(17)11-6-20-7-15-11/h3-5,11,15H,2,6-7H2,1H3,(H,16,17). The monoisotopic (exact) mass is 358 g/mol. The topological polar surface area (TPSA) is 67.4 Å². The van der Waals surface area contributed by atoms with Gasteiger partial charge in [0, 0.05) is 16.1 Å². The number of thioether (sulfide) groups is 1. The molecule has 0 aliphatic carbocycles. The molecule has 1 atom stereocenters. The Bertz CT molecular complexity index is 518. The summed E-state index contributed by atoms with van der Waals surface area (Å²) in [5, 5.41) is 5.94. The average Bonchev–Trinajstić information content (AvgIpc) is 2.95. The van der Waals surface area contributed by atoms with E-state index in [9.17, 15) is 9.59 Å². The molecule has 1 aromatic carbocycles. The largest absolute Gasteiger partial charge is 0.462 e. The molecule has 1 aliphatic rings. The third kappa shape index (κ3) is 3.74. The van der Waals surface area contributed by atoms with Gasteiger partial charge in [0.05, 0.1) is 23.9 Å². The summed E-state index contributed by atoms with van der Waals surface area (Å²) in [7, 11) is 0. The Labute approximate surface area is 130 Å². The van der Waals surface area contributed by atoms with E-state index in [1.54, 1.807) is 36.9 Å². The zero-order valence-corrected chi connectivity index (χ0v) is 13.3. The van der Waals surface area contributed by atoms with E-state index in [1.807, 2.05) is 0 Å². The summed E-state index contributed by atoms with van der Waals surface area (Å²) in [5.41, 5.74) is 1.09. The quantitative estimate of drug-likeness (QED) is 0.807. The second-order valence-corrected chi connectivity index (χ2v) is 6.06. The van der Waals surface area contributed by atoms with Gasteiger partial charge in [-0.3, -0.25) is 10.1 Å². The van der Waals surface area contributed by atoms with Gasteiger partial charge in [0.25, 0.3) is 0 Å². The van der Waals surface area contributed by atoms with E-state index < -0.39 is 0 Å². The molecule has 0 saturated carbocycles. The fraction of sp³-hybridized carbons (Fsp3) is 0.385. The number of hydrogen-bond donors (Lipinski definition) is 2. The van der Waals surface area contributed by atoms with Crippen LogP contribution in [0.4, 0.5) is 5.69 Å². The highest BCUT2D eigenvalue weighted by Crippen LogP contribution is 2.24. The minimum Gasteiger partial charge on any atom is -0.462 e. The minimum atomic E-state index is -0.375.